The van der Waals surface area contributed by atoms with E-state index in [0.29, 0.717) is 45.3 Å². The summed E-state index contributed by atoms with van der Waals surface area (Å²) >= 11 is 6.43. The Bertz CT molecular complexity index is 1650. The van der Waals surface area contributed by atoms with Gasteiger partial charge in [0.2, 0.25) is 0 Å². The molecule has 0 saturated heterocycles. The smallest absolute Gasteiger partial charge is 0.274 e. The predicted molar refractivity (Wildman–Crippen MR) is 145 cm³/mol. The molecule has 2 aromatic heterocycles. The number of para-hydroxylation sites is 1. The van der Waals surface area contributed by atoms with Crippen molar-refractivity contribution >= 4 is 43.8 Å². The second kappa shape index (κ2) is 9.83. The van der Waals surface area contributed by atoms with Crippen LogP contribution in [0.4, 0.5) is 5.69 Å². The Balaban J connectivity index is 2.02. The molecular weight excluding hydrogens is 500 g/mol. The number of hydrogen-bond acceptors (Lipinski definition) is 5. The van der Waals surface area contributed by atoms with Crippen LogP contribution in [0.3, 0.4) is 0 Å². The van der Waals surface area contributed by atoms with Gasteiger partial charge in [-0.1, -0.05) is 23.7 Å². The Hall–Kier alpha value is -3.56. The lowest BCUT2D eigenvalue weighted by molar-refractivity contribution is 0.0951. The van der Waals surface area contributed by atoms with Gasteiger partial charge in [0.25, 0.3) is 11.5 Å². The third-order valence-corrected chi connectivity index (χ3v) is 6.45. The minimum atomic E-state index is -2.43. The summed E-state index contributed by atoms with van der Waals surface area (Å²) in [5, 5.41) is 3.74. The number of aryl methyl sites for hydroxylation is 2. The molecule has 4 aromatic rings. The van der Waals surface area contributed by atoms with Crippen LogP contribution in [0.1, 0.15) is 23.0 Å². The summed E-state index contributed by atoms with van der Waals surface area (Å²) in [7, 11) is -0.799. The number of carbonyl (C=O) groups excluding carboxylic acids is 1. The summed E-state index contributed by atoms with van der Waals surface area (Å²) in [6.07, 6.45) is 4.79. The van der Waals surface area contributed by atoms with Crippen molar-refractivity contribution < 1.29 is 13.7 Å². The third-order valence-electron chi connectivity index (χ3n) is 5.50. The van der Waals surface area contributed by atoms with Crippen molar-refractivity contribution in [2.45, 2.75) is 13.8 Å². The molecule has 0 unspecified atom stereocenters. The number of benzene rings is 2. The maximum atomic E-state index is 12.9. The fraction of sp³-hybridized carbons (Fsp3) is 0.231. The highest BCUT2D eigenvalue weighted by Gasteiger charge is 2.20. The molecule has 2 aromatic carbocycles. The van der Waals surface area contributed by atoms with Crippen molar-refractivity contribution in [2.24, 2.45) is 11.4 Å². The number of carbonyl (C=O) groups is 1. The molecule has 4 rings (SSSR count). The predicted octanol–water partition coefficient (Wildman–Crippen LogP) is 5.40. The van der Waals surface area contributed by atoms with Crippen LogP contribution in [0.2, 0.25) is 5.02 Å². The number of H-pyrrole nitrogens is 1. The monoisotopic (exact) mass is 526 g/mol. The summed E-state index contributed by atoms with van der Waals surface area (Å²) in [4.78, 5) is 28.4. The molecule has 0 radical (unpaired) electrons. The van der Waals surface area contributed by atoms with Gasteiger partial charge >= 0.3 is 0 Å². The number of rotatable bonds is 6. The summed E-state index contributed by atoms with van der Waals surface area (Å²) < 4.78 is 24.5. The highest BCUT2D eigenvalue weighted by molar-refractivity contribution is 7.92. The SMILES string of the molecule is CCNC(=O)c1cc2c(-c3cc(N=S(C)(C)=O)ccc3Oc3c(C)cccc3Cl)cn(C)c(=O)c2[nH]1. The number of halogens is 1. The van der Waals surface area contributed by atoms with E-state index in [9.17, 15) is 13.8 Å². The van der Waals surface area contributed by atoms with Crippen molar-refractivity contribution in [3.8, 4) is 22.6 Å². The molecule has 188 valence electrons. The van der Waals surface area contributed by atoms with E-state index < -0.39 is 9.73 Å². The summed E-state index contributed by atoms with van der Waals surface area (Å²) in [5.74, 6) is 0.646. The van der Waals surface area contributed by atoms with E-state index in [0.717, 1.165) is 5.56 Å². The van der Waals surface area contributed by atoms with Crippen LogP contribution in [-0.2, 0) is 16.8 Å². The van der Waals surface area contributed by atoms with Gasteiger partial charge in [-0.15, -0.1) is 0 Å². The quantitative estimate of drug-likeness (QED) is 0.351. The molecule has 0 saturated carbocycles. The lowest BCUT2D eigenvalue weighted by Gasteiger charge is -2.16. The highest BCUT2D eigenvalue weighted by Crippen LogP contribution is 2.41. The molecule has 1 amide bonds. The van der Waals surface area contributed by atoms with Gasteiger partial charge in [0.15, 0.2) is 0 Å². The van der Waals surface area contributed by atoms with E-state index in [1.807, 2.05) is 26.0 Å². The molecule has 8 nitrogen and oxygen atoms in total. The normalized spacial score (nSPS) is 11.5. The van der Waals surface area contributed by atoms with E-state index >= 15 is 0 Å². The second-order valence-corrected chi connectivity index (χ2v) is 11.7. The zero-order chi connectivity index (χ0) is 26.2. The molecule has 0 spiro atoms. The highest BCUT2D eigenvalue weighted by atomic mass is 35.5. The molecule has 0 aliphatic rings. The number of amides is 1. The minimum absolute atomic E-state index is 0.270. The zero-order valence-corrected chi connectivity index (χ0v) is 22.2. The molecule has 10 heteroatoms. The number of hydrogen-bond donors (Lipinski definition) is 2. The summed E-state index contributed by atoms with van der Waals surface area (Å²) in [6, 6.07) is 12.3. The fourth-order valence-corrected chi connectivity index (χ4v) is 4.79. The van der Waals surface area contributed by atoms with Crippen LogP contribution >= 0.6 is 11.6 Å². The fourth-order valence-electron chi connectivity index (χ4n) is 3.91. The first kappa shape index (κ1) is 25.5. The maximum absolute atomic E-state index is 12.9. The van der Waals surface area contributed by atoms with Crippen LogP contribution in [0.25, 0.3) is 22.0 Å². The average Bonchev–Trinajstić information content (AvgIpc) is 3.25. The molecule has 0 aliphatic carbocycles. The number of nitrogens with one attached hydrogen (secondary N) is 2. The maximum Gasteiger partial charge on any atom is 0.274 e. The lowest BCUT2D eigenvalue weighted by Crippen LogP contribution is -2.23. The Labute approximate surface area is 214 Å². The van der Waals surface area contributed by atoms with E-state index in [1.165, 1.54) is 4.57 Å². The van der Waals surface area contributed by atoms with Gasteiger partial charge in [0, 0.05) is 58.5 Å². The van der Waals surface area contributed by atoms with Gasteiger partial charge in [0.1, 0.15) is 22.7 Å². The molecule has 2 N–H and O–H groups in total. The molecule has 36 heavy (non-hydrogen) atoms. The van der Waals surface area contributed by atoms with Gasteiger partial charge in [-0.3, -0.25) is 9.59 Å². The van der Waals surface area contributed by atoms with Gasteiger partial charge in [0.05, 0.1) is 10.7 Å². The number of pyridine rings is 1. The van der Waals surface area contributed by atoms with Crippen molar-refractivity contribution in [3.05, 3.63) is 75.3 Å². The van der Waals surface area contributed by atoms with E-state index in [-0.39, 0.29) is 22.7 Å². The topological polar surface area (TPSA) is 106 Å². The van der Waals surface area contributed by atoms with Crippen molar-refractivity contribution in [3.63, 3.8) is 0 Å². The van der Waals surface area contributed by atoms with Crippen molar-refractivity contribution in [1.82, 2.24) is 14.9 Å². The largest absolute Gasteiger partial charge is 0.455 e. The Morgan fingerprint density at radius 1 is 1.19 bits per heavy atom. The molecule has 0 aliphatic heterocycles. The number of aromatic nitrogens is 2. The Morgan fingerprint density at radius 2 is 1.94 bits per heavy atom. The first-order valence-corrected chi connectivity index (χ1v) is 13.9. The van der Waals surface area contributed by atoms with Crippen molar-refractivity contribution in [1.29, 1.82) is 0 Å². The number of nitrogens with zero attached hydrogens (tertiary/aromatic N) is 2. The van der Waals surface area contributed by atoms with Crippen LogP contribution in [0.5, 0.6) is 11.5 Å². The Morgan fingerprint density at radius 3 is 2.61 bits per heavy atom. The lowest BCUT2D eigenvalue weighted by atomic mass is 10.0. The summed E-state index contributed by atoms with van der Waals surface area (Å²) in [5.41, 5.74) is 2.85. The standard InChI is InChI=1S/C26H27ClN4O4S/c1-6-28-25(32)21-13-18-19(14-31(3)26(33)23(18)29-21)17-12-16(30-36(4,5)34)10-11-22(17)35-24-15(2)8-7-9-20(24)27/h7-14,29H,6H2,1-5H3,(H,28,32). The molecule has 0 fully saturated rings. The van der Waals surface area contributed by atoms with Crippen LogP contribution in [0, 0.1) is 6.92 Å². The van der Waals surface area contributed by atoms with Gasteiger partial charge < -0.3 is 19.6 Å². The number of ether oxygens (including phenoxy) is 1. The Kier molecular flexibility index (Phi) is 6.97. The first-order valence-electron chi connectivity index (χ1n) is 11.2. The van der Waals surface area contributed by atoms with Crippen molar-refractivity contribution in [2.75, 3.05) is 19.1 Å². The molecule has 0 bridgehead atoms. The van der Waals surface area contributed by atoms with E-state index in [1.54, 1.807) is 56.1 Å². The molecular formula is C26H27ClN4O4S. The zero-order valence-electron chi connectivity index (χ0n) is 20.6. The van der Waals surface area contributed by atoms with Gasteiger partial charge in [-0.2, -0.15) is 4.36 Å². The first-order chi connectivity index (χ1) is 17.0. The second-order valence-electron chi connectivity index (χ2n) is 8.73. The average molecular weight is 527 g/mol. The van der Waals surface area contributed by atoms with E-state index in [4.69, 9.17) is 16.3 Å². The summed E-state index contributed by atoms with van der Waals surface area (Å²) in [6.45, 7) is 4.16. The molecule has 0 atom stereocenters. The van der Waals surface area contributed by atoms with Gasteiger partial charge in [-0.25, -0.2) is 4.21 Å². The van der Waals surface area contributed by atoms with Crippen LogP contribution in [0.15, 0.2) is 57.8 Å². The van der Waals surface area contributed by atoms with Crippen LogP contribution in [-0.4, -0.2) is 38.7 Å². The number of fused-ring (bicyclic) bond motifs is 1. The third kappa shape index (κ3) is 5.17. The minimum Gasteiger partial charge on any atom is -0.455 e. The number of aromatic amines is 1. The van der Waals surface area contributed by atoms with E-state index in [2.05, 4.69) is 14.7 Å². The van der Waals surface area contributed by atoms with Crippen LogP contribution < -0.4 is 15.6 Å². The molecule has 2 heterocycles. The van der Waals surface area contributed by atoms with Gasteiger partial charge in [-0.05, 0) is 49.7 Å².